The fourth-order valence-corrected chi connectivity index (χ4v) is 7.30. The average molecular weight is 604 g/mol. The molecule has 9 rings (SSSR count). The topological polar surface area (TPSA) is 18.5 Å². The number of benzene rings is 7. The van der Waals surface area contributed by atoms with Gasteiger partial charge in [-0.25, -0.2) is 0 Å². The third-order valence-electron chi connectivity index (χ3n) is 10.6. The van der Waals surface area contributed by atoms with Crippen LogP contribution in [0.3, 0.4) is 0 Å². The van der Waals surface area contributed by atoms with Crippen LogP contribution in [-0.4, -0.2) is 25.2 Å². The van der Waals surface area contributed by atoms with Crippen LogP contribution in [0.2, 0.25) is 0 Å². The van der Waals surface area contributed by atoms with Gasteiger partial charge in [0.05, 0.1) is 11.2 Å². The van der Waals surface area contributed by atoms with E-state index in [0.717, 1.165) is 5.46 Å². The maximum Gasteiger partial charge on any atom is 0.0755 e. The van der Waals surface area contributed by atoms with Gasteiger partial charge in [-0.1, -0.05) is 24.3 Å². The summed E-state index contributed by atoms with van der Waals surface area (Å²) in [7, 11) is -0.355. The molecule has 1 aliphatic rings. The SMILES string of the molecule is CC1(C)OB(c2ccc(-c3cc4ccc5cc(-c6ccc(-c7cccc8cccbc78)cc6)cc6ccc(c3)c4c56)cc2)OC1(C)C. The van der Waals surface area contributed by atoms with Crippen molar-refractivity contribution in [3.05, 3.63) is 133 Å². The van der Waals surface area contributed by atoms with E-state index in [4.69, 9.17) is 9.31 Å². The molecule has 0 amide bonds. The number of rotatable bonds is 4. The fraction of sp³-hybridized carbons (Fsp3) is 0.140. The van der Waals surface area contributed by atoms with E-state index in [2.05, 4.69) is 168 Å². The Morgan fingerprint density at radius 3 is 1.47 bits per heavy atom. The van der Waals surface area contributed by atoms with Gasteiger partial charge in [-0.3, -0.25) is 0 Å². The first kappa shape index (κ1) is 28.5. The van der Waals surface area contributed by atoms with Gasteiger partial charge in [-0.05, 0) is 56.4 Å². The van der Waals surface area contributed by atoms with Gasteiger partial charge in [-0.15, -0.1) is 0 Å². The Bertz CT molecular complexity index is 2370. The second kappa shape index (κ2) is 10.4. The van der Waals surface area contributed by atoms with Gasteiger partial charge < -0.3 is 9.31 Å². The largest absolute Gasteiger partial charge is 0.399 e. The van der Waals surface area contributed by atoms with Gasteiger partial charge in [0.15, 0.2) is 0 Å². The third kappa shape index (κ3) is 4.62. The van der Waals surface area contributed by atoms with Gasteiger partial charge in [0.25, 0.3) is 0 Å². The van der Waals surface area contributed by atoms with E-state index >= 15 is 0 Å². The van der Waals surface area contributed by atoms with E-state index < -0.39 is 0 Å². The number of hydrogen-bond acceptors (Lipinski definition) is 2. The Balaban J connectivity index is 1.05. The van der Waals surface area contributed by atoms with Gasteiger partial charge in [-0.2, -0.15) is 0 Å². The predicted octanol–water partition coefficient (Wildman–Crippen LogP) is 10.4. The van der Waals surface area contributed by atoms with Crippen LogP contribution in [0.25, 0.3) is 76.4 Å². The van der Waals surface area contributed by atoms with Crippen molar-refractivity contribution in [3.8, 4) is 33.4 Å². The summed E-state index contributed by atoms with van der Waals surface area (Å²) in [5.41, 5.74) is 7.71. The summed E-state index contributed by atoms with van der Waals surface area (Å²) in [5.74, 6) is 2.12. The first-order valence-corrected chi connectivity index (χ1v) is 16.5. The molecular weight excluding hydrogens is 570 g/mol. The molecule has 2 nitrogen and oxygen atoms in total. The molecule has 0 radical (unpaired) electrons. The van der Waals surface area contributed by atoms with Crippen LogP contribution in [0.5, 0.6) is 0 Å². The summed E-state index contributed by atoms with van der Waals surface area (Å²) in [6.07, 6.45) is 0. The summed E-state index contributed by atoms with van der Waals surface area (Å²) in [6.45, 7) is 10.6. The van der Waals surface area contributed by atoms with E-state index in [1.807, 2.05) is 0 Å². The summed E-state index contributed by atoms with van der Waals surface area (Å²) in [5, 5.41) is 10.3. The van der Waals surface area contributed by atoms with Crippen molar-refractivity contribution in [3.63, 3.8) is 0 Å². The molecule has 47 heavy (non-hydrogen) atoms. The molecular formula is C43H34B2O2. The maximum absolute atomic E-state index is 6.28. The van der Waals surface area contributed by atoms with Crippen molar-refractivity contribution in [2.45, 2.75) is 38.9 Å². The molecule has 0 aliphatic carbocycles. The van der Waals surface area contributed by atoms with Gasteiger partial charge in [0, 0.05) is 0 Å². The van der Waals surface area contributed by atoms with Crippen molar-refractivity contribution in [1.29, 1.82) is 0 Å². The third-order valence-corrected chi connectivity index (χ3v) is 10.6. The molecule has 1 aliphatic heterocycles. The zero-order chi connectivity index (χ0) is 31.9. The Labute approximate surface area is 276 Å². The summed E-state index contributed by atoms with van der Waals surface area (Å²) in [4.78, 5) is 0. The van der Waals surface area contributed by atoms with Crippen molar-refractivity contribution in [2.75, 3.05) is 0 Å². The van der Waals surface area contributed by atoms with Gasteiger partial charge >= 0.3 is 176 Å². The number of hydrogen-bond donors (Lipinski definition) is 0. The molecule has 0 bridgehead atoms. The van der Waals surface area contributed by atoms with E-state index in [1.165, 1.54) is 76.4 Å². The average Bonchev–Trinajstić information content (AvgIpc) is 3.32. The Morgan fingerprint density at radius 1 is 0.468 bits per heavy atom. The minimum absolute atomic E-state index is 0.352. The van der Waals surface area contributed by atoms with Crippen LogP contribution in [0.15, 0.2) is 133 Å². The molecule has 4 heteroatoms. The molecule has 0 atom stereocenters. The van der Waals surface area contributed by atoms with Crippen LogP contribution in [-0.2, 0) is 9.31 Å². The van der Waals surface area contributed by atoms with Crippen LogP contribution in [0.1, 0.15) is 27.7 Å². The summed E-state index contributed by atoms with van der Waals surface area (Å²) < 4.78 is 12.6. The maximum atomic E-state index is 6.28. The van der Waals surface area contributed by atoms with E-state index in [0.29, 0.717) is 0 Å². The molecule has 1 aromatic heterocycles. The molecule has 1 saturated heterocycles. The van der Waals surface area contributed by atoms with Crippen molar-refractivity contribution in [1.82, 2.24) is 0 Å². The van der Waals surface area contributed by atoms with E-state index in [-0.39, 0.29) is 18.3 Å². The molecule has 0 unspecified atom stereocenters. The normalized spacial score (nSPS) is 15.7. The molecule has 1 fully saturated rings. The Hall–Kier alpha value is -4.76. The smallest absolute Gasteiger partial charge is 0.0755 e. The summed E-state index contributed by atoms with van der Waals surface area (Å²) >= 11 is 0. The summed E-state index contributed by atoms with van der Waals surface area (Å²) in [6, 6.07) is 46.9. The zero-order valence-corrected chi connectivity index (χ0v) is 27.2. The minimum Gasteiger partial charge on any atom is -0.399 e. The molecule has 0 saturated carbocycles. The molecule has 0 N–H and O–H groups in total. The minimum atomic E-state index is -0.355. The first-order valence-electron chi connectivity index (χ1n) is 16.5. The fourth-order valence-electron chi connectivity index (χ4n) is 7.30. The van der Waals surface area contributed by atoms with Crippen molar-refractivity contribution < 1.29 is 9.31 Å². The molecule has 0 spiro atoms. The molecule has 2 heterocycles. The second-order valence-corrected chi connectivity index (χ2v) is 14.0. The van der Waals surface area contributed by atoms with Crippen LogP contribution in [0.4, 0.5) is 0 Å². The molecule has 7 aromatic carbocycles. The zero-order valence-electron chi connectivity index (χ0n) is 27.2. The molecule has 224 valence electrons. The van der Waals surface area contributed by atoms with E-state index in [1.54, 1.807) is 0 Å². The van der Waals surface area contributed by atoms with Gasteiger partial charge in [0.2, 0.25) is 0 Å². The first-order chi connectivity index (χ1) is 22.7. The number of fused-ring (bicyclic) bond motifs is 1. The van der Waals surface area contributed by atoms with Crippen molar-refractivity contribution in [2.24, 2.45) is 0 Å². The van der Waals surface area contributed by atoms with Gasteiger partial charge in [0.1, 0.15) is 0 Å². The van der Waals surface area contributed by atoms with Crippen molar-refractivity contribution >= 4 is 62.5 Å². The van der Waals surface area contributed by atoms with Crippen LogP contribution < -0.4 is 5.46 Å². The van der Waals surface area contributed by atoms with Crippen LogP contribution in [0, 0.1) is 0 Å². The Morgan fingerprint density at radius 2 is 0.936 bits per heavy atom. The van der Waals surface area contributed by atoms with E-state index in [9.17, 15) is 0 Å². The standard InChI is InChI=1S/C43H34B2O2/c1-42(2)43(3,4)47-45(46-42)37-20-18-28(19-21-37)36-25-33-16-14-31-23-35(24-32-15-17-34(26-36)40(33)39(31)32)27-10-12-29(13-11-27)38-9-5-7-30-8-6-22-44-41(30)38/h5-26H,1-4H3. The second-order valence-electron chi connectivity index (χ2n) is 14.0. The van der Waals surface area contributed by atoms with Crippen LogP contribution >= 0.6 is 0 Å². The monoisotopic (exact) mass is 604 g/mol. The molecule has 8 aromatic rings. The Kier molecular flexibility index (Phi) is 6.28. The predicted molar refractivity (Wildman–Crippen MR) is 201 cm³/mol. The quantitative estimate of drug-likeness (QED) is 0.147.